The summed E-state index contributed by atoms with van der Waals surface area (Å²) < 4.78 is 29.0. The monoisotopic (exact) mass is 442 g/mol. The molecule has 1 aliphatic rings. The summed E-state index contributed by atoms with van der Waals surface area (Å²) >= 11 is 0. The van der Waals surface area contributed by atoms with Crippen molar-refractivity contribution in [3.63, 3.8) is 0 Å². The first-order valence-corrected chi connectivity index (χ1v) is 11.4. The highest BCUT2D eigenvalue weighted by atomic mass is 32.2. The number of sulfonamides is 1. The molecule has 0 radical (unpaired) electrons. The minimum absolute atomic E-state index is 0.0639. The van der Waals surface area contributed by atoms with Gasteiger partial charge in [0.1, 0.15) is 0 Å². The quantitative estimate of drug-likeness (QED) is 0.462. The zero-order valence-electron chi connectivity index (χ0n) is 17.1. The van der Waals surface area contributed by atoms with Gasteiger partial charge in [-0.2, -0.15) is 0 Å². The predicted octanol–water partition coefficient (Wildman–Crippen LogP) is 4.75. The number of anilines is 2. The number of rotatable bonds is 4. The van der Waals surface area contributed by atoms with E-state index in [0.29, 0.717) is 33.3 Å². The lowest BCUT2D eigenvalue weighted by Gasteiger charge is -2.18. The molecule has 0 atom stereocenters. The number of hydrogen-bond acceptors (Lipinski definition) is 4. The average Bonchev–Trinajstić information content (AvgIpc) is 3.05. The Morgan fingerprint density at radius 1 is 0.688 bits per heavy atom. The van der Waals surface area contributed by atoms with Crippen molar-refractivity contribution in [1.82, 2.24) is 0 Å². The van der Waals surface area contributed by atoms with Gasteiger partial charge in [0.15, 0.2) is 0 Å². The Balaban J connectivity index is 1.62. The van der Waals surface area contributed by atoms with Crippen LogP contribution in [0, 0.1) is 6.92 Å². The van der Waals surface area contributed by atoms with Crippen LogP contribution >= 0.6 is 0 Å². The molecule has 0 fully saturated rings. The van der Waals surface area contributed by atoms with E-state index in [1.807, 2.05) is 19.1 Å². The second-order valence-corrected chi connectivity index (χ2v) is 9.24. The summed E-state index contributed by atoms with van der Waals surface area (Å²) in [4.78, 5) is 27.1. The Morgan fingerprint density at radius 2 is 1.25 bits per heavy atom. The number of amides is 2. The van der Waals surface area contributed by atoms with Crippen LogP contribution in [0.2, 0.25) is 0 Å². The third-order valence-electron chi connectivity index (χ3n) is 5.49. The van der Waals surface area contributed by atoms with Gasteiger partial charge in [0.25, 0.3) is 21.8 Å². The molecule has 1 N–H and O–H groups in total. The van der Waals surface area contributed by atoms with Crippen molar-refractivity contribution in [2.75, 3.05) is 9.62 Å². The molecule has 0 spiro atoms. The molecular formula is C25H18N2O4S. The van der Waals surface area contributed by atoms with Crippen LogP contribution < -0.4 is 9.62 Å². The lowest BCUT2D eigenvalue weighted by Crippen LogP contribution is -2.29. The summed E-state index contributed by atoms with van der Waals surface area (Å²) in [6, 6.07) is 23.5. The van der Waals surface area contributed by atoms with Gasteiger partial charge in [-0.05, 0) is 43.3 Å². The van der Waals surface area contributed by atoms with Crippen molar-refractivity contribution in [2.45, 2.75) is 11.8 Å². The number of benzene rings is 4. The van der Waals surface area contributed by atoms with E-state index >= 15 is 0 Å². The largest absolute Gasteiger partial charge is 0.280 e. The van der Waals surface area contributed by atoms with Crippen molar-refractivity contribution in [3.8, 4) is 0 Å². The summed E-state index contributed by atoms with van der Waals surface area (Å²) in [6.45, 7) is 1.92. The van der Waals surface area contributed by atoms with Crippen molar-refractivity contribution in [2.24, 2.45) is 0 Å². The molecule has 7 heteroatoms. The fourth-order valence-electron chi connectivity index (χ4n) is 3.92. The number of aryl methyl sites for hydroxylation is 1. The van der Waals surface area contributed by atoms with Crippen LogP contribution in [0.15, 0.2) is 89.8 Å². The molecule has 2 amide bonds. The molecule has 0 bridgehead atoms. The molecule has 4 aromatic rings. The van der Waals surface area contributed by atoms with Crippen molar-refractivity contribution in [3.05, 3.63) is 102 Å². The fraction of sp³-hybridized carbons (Fsp3) is 0.0400. The number of nitrogens with one attached hydrogen (secondary N) is 1. The predicted molar refractivity (Wildman–Crippen MR) is 124 cm³/mol. The number of hydrogen-bond donors (Lipinski definition) is 1. The smallest absolute Gasteiger partial charge is 0.266 e. The molecule has 32 heavy (non-hydrogen) atoms. The molecule has 0 unspecified atom stereocenters. The highest BCUT2D eigenvalue weighted by Crippen LogP contribution is 2.36. The maximum Gasteiger partial charge on any atom is 0.266 e. The SMILES string of the molecule is Cc1ccc(NS(=O)(=O)c2ccc(N3C(=O)c4ccccc4C3=O)c3ccccc23)cc1. The maximum atomic E-state index is 13.2. The van der Waals surface area contributed by atoms with Crippen LogP contribution in [0.1, 0.15) is 26.3 Å². The molecule has 0 aromatic heterocycles. The highest BCUT2D eigenvalue weighted by molar-refractivity contribution is 7.93. The van der Waals surface area contributed by atoms with Gasteiger partial charge in [0.2, 0.25) is 0 Å². The van der Waals surface area contributed by atoms with Crippen molar-refractivity contribution >= 4 is 44.0 Å². The van der Waals surface area contributed by atoms with Crippen LogP contribution in [0.5, 0.6) is 0 Å². The highest BCUT2D eigenvalue weighted by Gasteiger charge is 2.37. The van der Waals surface area contributed by atoms with Crippen molar-refractivity contribution in [1.29, 1.82) is 0 Å². The zero-order chi connectivity index (χ0) is 22.5. The molecule has 5 rings (SSSR count). The van der Waals surface area contributed by atoms with Crippen LogP contribution in [0.4, 0.5) is 11.4 Å². The number of nitrogens with zero attached hydrogens (tertiary/aromatic N) is 1. The molecule has 0 saturated carbocycles. The number of imide groups is 1. The van der Waals surface area contributed by atoms with E-state index in [2.05, 4.69) is 4.72 Å². The van der Waals surface area contributed by atoms with E-state index in [1.54, 1.807) is 60.7 Å². The first kappa shape index (κ1) is 20.0. The van der Waals surface area contributed by atoms with Gasteiger partial charge in [-0.25, -0.2) is 13.3 Å². The first-order valence-electron chi connectivity index (χ1n) is 9.96. The lowest BCUT2D eigenvalue weighted by atomic mass is 10.1. The number of fused-ring (bicyclic) bond motifs is 2. The Hall–Kier alpha value is -3.97. The molecule has 0 aliphatic carbocycles. The van der Waals surface area contributed by atoms with Gasteiger partial charge < -0.3 is 0 Å². The van der Waals surface area contributed by atoms with Gasteiger partial charge in [0.05, 0.1) is 21.7 Å². The van der Waals surface area contributed by atoms with Gasteiger partial charge in [-0.15, -0.1) is 0 Å². The summed E-state index contributed by atoms with van der Waals surface area (Å²) in [5.41, 5.74) is 2.48. The Kier molecular flexibility index (Phi) is 4.56. The summed E-state index contributed by atoms with van der Waals surface area (Å²) in [6.07, 6.45) is 0. The average molecular weight is 442 g/mol. The van der Waals surface area contributed by atoms with E-state index in [1.165, 1.54) is 12.1 Å². The molecule has 0 saturated heterocycles. The molecule has 1 heterocycles. The zero-order valence-corrected chi connectivity index (χ0v) is 17.9. The molecule has 4 aromatic carbocycles. The standard InChI is InChI=1S/C25H18N2O4S/c1-16-10-12-17(13-11-16)26-32(30,31)23-15-14-22(18-6-2-3-7-19(18)23)27-24(28)20-8-4-5-9-21(20)25(27)29/h2-15,26H,1H3. The summed E-state index contributed by atoms with van der Waals surface area (Å²) in [5, 5.41) is 0.912. The van der Waals surface area contributed by atoms with E-state index < -0.39 is 21.8 Å². The van der Waals surface area contributed by atoms with E-state index in [9.17, 15) is 18.0 Å². The summed E-state index contributed by atoms with van der Waals surface area (Å²) in [5.74, 6) is -0.853. The third kappa shape index (κ3) is 3.14. The van der Waals surface area contributed by atoms with Gasteiger partial charge >= 0.3 is 0 Å². The molecule has 158 valence electrons. The second-order valence-electron chi connectivity index (χ2n) is 7.59. The third-order valence-corrected chi connectivity index (χ3v) is 6.93. The maximum absolute atomic E-state index is 13.2. The Labute approximate surface area is 185 Å². The first-order chi connectivity index (χ1) is 15.4. The van der Waals surface area contributed by atoms with Gasteiger partial charge in [0, 0.05) is 16.5 Å². The van der Waals surface area contributed by atoms with Gasteiger partial charge in [-0.1, -0.05) is 54.1 Å². The van der Waals surface area contributed by atoms with Crippen LogP contribution in [-0.4, -0.2) is 20.2 Å². The van der Waals surface area contributed by atoms with Crippen LogP contribution in [-0.2, 0) is 10.0 Å². The molecule has 1 aliphatic heterocycles. The number of carbonyl (C=O) groups is 2. The van der Waals surface area contributed by atoms with E-state index in [0.717, 1.165) is 10.5 Å². The van der Waals surface area contributed by atoms with Crippen LogP contribution in [0.3, 0.4) is 0 Å². The van der Waals surface area contributed by atoms with E-state index in [-0.39, 0.29) is 4.90 Å². The van der Waals surface area contributed by atoms with Crippen LogP contribution in [0.25, 0.3) is 10.8 Å². The topological polar surface area (TPSA) is 83.6 Å². The fourth-order valence-corrected chi connectivity index (χ4v) is 5.20. The molecular weight excluding hydrogens is 424 g/mol. The van der Waals surface area contributed by atoms with Gasteiger partial charge in [-0.3, -0.25) is 14.3 Å². The summed E-state index contributed by atoms with van der Waals surface area (Å²) in [7, 11) is -3.91. The minimum atomic E-state index is -3.91. The Bertz CT molecular complexity index is 1470. The normalized spacial score (nSPS) is 13.5. The van der Waals surface area contributed by atoms with E-state index in [4.69, 9.17) is 0 Å². The lowest BCUT2D eigenvalue weighted by molar-refractivity contribution is 0.0926. The Morgan fingerprint density at radius 3 is 1.88 bits per heavy atom. The second kappa shape index (κ2) is 7.32. The number of carbonyl (C=O) groups excluding carboxylic acids is 2. The minimum Gasteiger partial charge on any atom is -0.280 e. The molecule has 6 nitrogen and oxygen atoms in total. The van der Waals surface area contributed by atoms with Crippen molar-refractivity contribution < 1.29 is 18.0 Å².